The van der Waals surface area contributed by atoms with Crippen molar-refractivity contribution < 1.29 is 68.8 Å². The van der Waals surface area contributed by atoms with Crippen molar-refractivity contribution in [3.8, 4) is 37.6 Å². The zero-order valence-electron chi connectivity index (χ0n) is 20.2. The fraction of sp³-hybridized carbons (Fsp3) is 0.742. The van der Waals surface area contributed by atoms with E-state index in [1.165, 1.54) is 35.2 Å². The standard InChI is InChI=1S/C7H12O4.C3H8O3.3C3H4O2.CH4O.11CH4/c1-6(8)10-4-3-5-11-7(2)9;4-1-3(6)2-5;3*1-3-5-4-2;1-2;;;;;;;;;;;/h3-5H2,1-2H3;3-6H,1-2H2;3*1H,2H3;2H,1H3;11*1H4. The molecule has 0 aromatic carbocycles. The van der Waals surface area contributed by atoms with Crippen molar-refractivity contribution in [1.82, 2.24) is 0 Å². The van der Waals surface area contributed by atoms with Gasteiger partial charge in [-0.1, -0.05) is 101 Å². The second-order valence-corrected chi connectivity index (χ2v) is 4.16. The third kappa shape index (κ3) is 281. The van der Waals surface area contributed by atoms with Crippen LogP contribution in [0.3, 0.4) is 0 Å². The van der Waals surface area contributed by atoms with Gasteiger partial charge in [0.05, 0.1) is 47.8 Å². The monoisotopic (exact) mass is 677 g/mol. The zero-order valence-corrected chi connectivity index (χ0v) is 20.2. The molecule has 0 aliphatic heterocycles. The van der Waals surface area contributed by atoms with E-state index >= 15 is 0 Å². The quantitative estimate of drug-likeness (QED) is 0.0742. The molecule has 0 aromatic heterocycles. The summed E-state index contributed by atoms with van der Waals surface area (Å²) in [5.41, 5.74) is 0. The maximum atomic E-state index is 10.2. The molecule has 14 heteroatoms. The van der Waals surface area contributed by atoms with Gasteiger partial charge in [-0.05, 0) is 0 Å². The van der Waals surface area contributed by atoms with Crippen LogP contribution in [-0.2, 0) is 48.4 Å². The Bertz CT molecular complexity index is 454. The predicted molar refractivity (Wildman–Crippen MR) is 191 cm³/mol. The fourth-order valence-corrected chi connectivity index (χ4v) is 0.693. The number of terminal acetylenes is 3. The number of ether oxygens (including phenoxy) is 2. The first-order valence-electron chi connectivity index (χ1n) is 8.75. The summed E-state index contributed by atoms with van der Waals surface area (Å²) >= 11 is 0. The minimum Gasteiger partial charge on any atom is -0.466 e. The minimum absolute atomic E-state index is 0. The molecule has 0 spiro atoms. The molecule has 0 aliphatic rings. The lowest BCUT2D eigenvalue weighted by molar-refractivity contribution is -0.209. The molecule has 0 bridgehead atoms. The van der Waals surface area contributed by atoms with E-state index in [4.69, 9.17) is 20.4 Å². The molecule has 0 atom stereocenters. The highest BCUT2D eigenvalue weighted by atomic mass is 17.2. The predicted octanol–water partition coefficient (Wildman–Crippen LogP) is 5.91. The molecular weight excluding hydrogens is 596 g/mol. The van der Waals surface area contributed by atoms with Gasteiger partial charge in [-0.3, -0.25) is 24.3 Å². The molecule has 0 unspecified atom stereocenters. The molecule has 0 aromatic rings. The summed E-state index contributed by atoms with van der Waals surface area (Å²) in [5, 5.41) is 31.0. The SMILES string of the molecule is C.C.C.C.C.C.C.C.C.C.C.C#COOC.C#COOC.C#COOC.CC(=O)OCCCOC(C)=O.CO.OCC(O)CO. The van der Waals surface area contributed by atoms with Gasteiger partial charge in [-0.15, -0.1) is 0 Å². The number of hydrogen-bond acceptors (Lipinski definition) is 14. The minimum atomic E-state index is -0.954. The Kier molecular flexibility index (Phi) is 342. The van der Waals surface area contributed by atoms with E-state index in [-0.39, 0.29) is 107 Å². The van der Waals surface area contributed by atoms with Gasteiger partial charge in [0.1, 0.15) is 6.10 Å². The average Bonchev–Trinajstić information content (AvgIpc) is 2.82. The molecule has 4 N–H and O–H groups in total. The molecule has 0 fully saturated rings. The van der Waals surface area contributed by atoms with Crippen molar-refractivity contribution >= 4 is 11.9 Å². The number of aliphatic hydroxyl groups is 4. The molecule has 0 saturated carbocycles. The van der Waals surface area contributed by atoms with Crippen molar-refractivity contribution in [3.63, 3.8) is 0 Å². The Morgan fingerprint density at radius 3 is 0.844 bits per heavy atom. The van der Waals surface area contributed by atoms with Crippen LogP contribution in [0.4, 0.5) is 0 Å². The highest BCUT2D eigenvalue weighted by Crippen LogP contribution is 1.85. The van der Waals surface area contributed by atoms with Crippen LogP contribution >= 0.6 is 0 Å². The summed E-state index contributed by atoms with van der Waals surface area (Å²) in [7, 11) is 5.04. The second kappa shape index (κ2) is 136. The average molecular weight is 677 g/mol. The topological polar surface area (TPSA) is 189 Å². The summed E-state index contributed by atoms with van der Waals surface area (Å²) in [6, 6.07) is 0. The van der Waals surface area contributed by atoms with Crippen molar-refractivity contribution in [1.29, 1.82) is 0 Å². The van der Waals surface area contributed by atoms with Crippen LogP contribution in [0, 0.1) is 37.6 Å². The smallest absolute Gasteiger partial charge is 0.302 e. The number of rotatable bonds is 9. The second-order valence-electron chi connectivity index (χ2n) is 4.16. The first-order chi connectivity index (χ1) is 16.2. The molecule has 288 valence electrons. The zero-order chi connectivity index (χ0) is 28.0. The number of hydrogen-bond donors (Lipinski definition) is 4. The fourth-order valence-electron chi connectivity index (χ4n) is 0.693. The lowest BCUT2D eigenvalue weighted by Crippen LogP contribution is -2.15. The third-order valence-electron chi connectivity index (χ3n) is 1.72. The van der Waals surface area contributed by atoms with Crippen LogP contribution in [-0.4, -0.2) is 93.3 Å². The normalized spacial score (nSPS) is 5.51. The first kappa shape index (κ1) is 113. The largest absolute Gasteiger partial charge is 0.466 e. The van der Waals surface area contributed by atoms with E-state index in [0.717, 1.165) is 7.11 Å². The van der Waals surface area contributed by atoms with E-state index < -0.39 is 6.10 Å². The maximum absolute atomic E-state index is 10.2. The van der Waals surface area contributed by atoms with Gasteiger partial charge >= 0.3 is 11.9 Å². The lowest BCUT2D eigenvalue weighted by Gasteiger charge is -2.01. The third-order valence-corrected chi connectivity index (χ3v) is 1.72. The maximum Gasteiger partial charge on any atom is 0.302 e. The van der Waals surface area contributed by atoms with E-state index in [2.05, 4.69) is 58.1 Å². The number of carbonyl (C=O) groups is 2. The molecule has 0 rings (SSSR count). The van der Waals surface area contributed by atoms with Crippen molar-refractivity contribution in [2.45, 2.75) is 108 Å². The summed E-state index contributed by atoms with van der Waals surface area (Å²) in [4.78, 5) is 43.9. The lowest BCUT2D eigenvalue weighted by atomic mass is 10.4. The summed E-state index contributed by atoms with van der Waals surface area (Å²) in [6.07, 6.45) is 18.6. The molecule has 0 amide bonds. The van der Waals surface area contributed by atoms with Crippen LogP contribution in [0.15, 0.2) is 0 Å². The highest BCUT2D eigenvalue weighted by molar-refractivity contribution is 5.66. The summed E-state index contributed by atoms with van der Waals surface area (Å²) in [5.74, 6) is -0.624. The van der Waals surface area contributed by atoms with Gasteiger partial charge < -0.3 is 29.9 Å². The van der Waals surface area contributed by atoms with Crippen LogP contribution in [0.5, 0.6) is 0 Å². The van der Waals surface area contributed by atoms with Gasteiger partial charge in [-0.25, -0.2) is 0 Å². The Morgan fingerprint density at radius 1 is 0.578 bits per heavy atom. The van der Waals surface area contributed by atoms with Crippen molar-refractivity contribution in [2.75, 3.05) is 54.9 Å². The van der Waals surface area contributed by atoms with Gasteiger partial charge in [0.15, 0.2) is 18.3 Å². The van der Waals surface area contributed by atoms with Crippen LogP contribution < -0.4 is 0 Å². The van der Waals surface area contributed by atoms with E-state index in [9.17, 15) is 9.59 Å². The van der Waals surface area contributed by atoms with Gasteiger partial charge in [0, 0.05) is 27.4 Å². The van der Waals surface area contributed by atoms with E-state index in [1.807, 2.05) is 0 Å². The number of esters is 2. The van der Waals surface area contributed by atoms with Crippen molar-refractivity contribution in [2.24, 2.45) is 0 Å². The van der Waals surface area contributed by atoms with Gasteiger partial charge in [0.25, 0.3) is 0 Å². The van der Waals surface area contributed by atoms with Crippen molar-refractivity contribution in [3.05, 3.63) is 0 Å². The van der Waals surface area contributed by atoms with Crippen LogP contribution in [0.25, 0.3) is 0 Å². The Morgan fingerprint density at radius 2 is 0.778 bits per heavy atom. The molecule has 0 heterocycles. The molecular formula is C31H80O14. The molecule has 0 aliphatic carbocycles. The van der Waals surface area contributed by atoms with Gasteiger partial charge in [0.2, 0.25) is 0 Å². The first-order valence-corrected chi connectivity index (χ1v) is 8.75. The Hall–Kier alpha value is -3.26. The Balaban J connectivity index is -0.0000000139. The van der Waals surface area contributed by atoms with E-state index in [1.54, 1.807) is 18.3 Å². The molecule has 0 saturated heterocycles. The van der Waals surface area contributed by atoms with E-state index in [0.29, 0.717) is 19.6 Å². The van der Waals surface area contributed by atoms with Gasteiger partial charge in [-0.2, -0.15) is 14.7 Å². The number of aliphatic hydroxyl groups excluding tert-OH is 4. The number of carbonyl (C=O) groups excluding carboxylic acids is 2. The van der Waals surface area contributed by atoms with Crippen LogP contribution in [0.2, 0.25) is 0 Å². The highest BCUT2D eigenvalue weighted by Gasteiger charge is 1.94. The summed E-state index contributed by atoms with van der Waals surface area (Å²) < 4.78 is 9.19. The molecule has 45 heavy (non-hydrogen) atoms. The summed E-state index contributed by atoms with van der Waals surface area (Å²) in [6.45, 7) is 2.57. The molecule has 14 nitrogen and oxygen atoms in total. The molecule has 0 radical (unpaired) electrons. The Labute approximate surface area is 281 Å². The van der Waals surface area contributed by atoms with Crippen LogP contribution in [0.1, 0.15) is 102 Å².